The molecule has 0 amide bonds. The Morgan fingerprint density at radius 2 is 0.974 bits per heavy atom. The minimum absolute atomic E-state index is 0.0355. The molecule has 0 aliphatic carbocycles. The first-order valence-electron chi connectivity index (χ1n) is 14.4. The average Bonchev–Trinajstić information content (AvgIpc) is 2.91. The van der Waals surface area contributed by atoms with Gasteiger partial charge in [-0.1, -0.05) is 26.7 Å². The predicted molar refractivity (Wildman–Crippen MR) is 154 cm³/mol. The number of quaternary nitrogens is 2. The van der Waals surface area contributed by atoms with Gasteiger partial charge in [0.05, 0.1) is 66.3 Å². The lowest BCUT2D eigenvalue weighted by molar-refractivity contribution is -0.861. The summed E-state index contributed by atoms with van der Waals surface area (Å²) in [6.07, 6.45) is 5.43. The largest absolute Gasteiger partial charge is 0.494 e. The summed E-state index contributed by atoms with van der Waals surface area (Å²) in [7, 11) is 8.37. The molecule has 0 unspecified atom stereocenters. The van der Waals surface area contributed by atoms with Crippen LogP contribution in [-0.4, -0.2) is 66.1 Å². The molecule has 2 atom stereocenters. The zero-order valence-corrected chi connectivity index (χ0v) is 24.5. The third kappa shape index (κ3) is 11.0. The number of Topliss-reactive ketones (excluding diaryl/α,β-unsaturated/α-hetero) is 2. The molecule has 2 rings (SSSR count). The molecule has 6 nitrogen and oxygen atoms in total. The maximum absolute atomic E-state index is 13.3. The van der Waals surface area contributed by atoms with Crippen LogP contribution in [0.25, 0.3) is 0 Å². The van der Waals surface area contributed by atoms with Crippen LogP contribution in [0.2, 0.25) is 0 Å². The van der Waals surface area contributed by atoms with Gasteiger partial charge < -0.3 is 19.3 Å². The zero-order valence-electron chi connectivity index (χ0n) is 24.5. The van der Waals surface area contributed by atoms with Crippen molar-refractivity contribution in [2.45, 2.75) is 52.4 Å². The van der Waals surface area contributed by atoms with Crippen molar-refractivity contribution in [2.24, 2.45) is 11.8 Å². The summed E-state index contributed by atoms with van der Waals surface area (Å²) in [6, 6.07) is 15.1. The van der Waals surface area contributed by atoms with Crippen molar-refractivity contribution in [3.8, 4) is 11.5 Å². The fourth-order valence-corrected chi connectivity index (χ4v) is 4.76. The molecule has 2 aromatic carbocycles. The summed E-state index contributed by atoms with van der Waals surface area (Å²) in [5, 5.41) is 0. The average molecular weight is 527 g/mol. The molecule has 38 heavy (non-hydrogen) atoms. The molecule has 0 aliphatic heterocycles. The van der Waals surface area contributed by atoms with Crippen molar-refractivity contribution in [1.29, 1.82) is 0 Å². The van der Waals surface area contributed by atoms with Crippen LogP contribution in [0.3, 0.4) is 0 Å². The molecule has 0 bridgehead atoms. The highest BCUT2D eigenvalue weighted by Crippen LogP contribution is 2.22. The Bertz CT molecular complexity index is 875. The predicted octanol–water partition coefficient (Wildman–Crippen LogP) is 3.41. The third-order valence-electron chi connectivity index (χ3n) is 6.63. The minimum Gasteiger partial charge on any atom is -0.494 e. The summed E-state index contributed by atoms with van der Waals surface area (Å²) in [5.41, 5.74) is 1.49. The summed E-state index contributed by atoms with van der Waals surface area (Å²) >= 11 is 0. The van der Waals surface area contributed by atoms with Crippen LogP contribution in [0.1, 0.15) is 73.1 Å². The van der Waals surface area contributed by atoms with Gasteiger partial charge in [0, 0.05) is 11.1 Å². The van der Waals surface area contributed by atoms with E-state index >= 15 is 0 Å². The second kappa shape index (κ2) is 17.0. The number of ether oxygens (including phenoxy) is 2. The molecule has 0 fully saturated rings. The number of unbranched alkanes of at least 4 members (excludes halogenated alkanes) is 1. The number of benzene rings is 2. The van der Waals surface area contributed by atoms with Gasteiger partial charge in [-0.05, 0) is 74.2 Å². The first kappa shape index (κ1) is 31.5. The molecule has 0 saturated heterocycles. The molecule has 0 aromatic heterocycles. The van der Waals surface area contributed by atoms with E-state index in [1.807, 2.05) is 48.5 Å². The second-order valence-electron chi connectivity index (χ2n) is 11.0. The highest BCUT2D eigenvalue weighted by Gasteiger charge is 2.25. The fraction of sp³-hybridized carbons (Fsp3) is 0.562. The van der Waals surface area contributed by atoms with Gasteiger partial charge in [0.25, 0.3) is 0 Å². The standard InChI is InChI=1S/C32H48N2O4/c1-7-21-37-29-17-13-25(14-18-29)31(35)27(23-33(3)4)11-9-10-12-28(24-34(5)6)32(36)26-15-19-30(20-16-26)38-22-8-2/h13-20,27-28H,7-12,21-24H2,1-6H3/p+2/t27-,28-/m1/s1. The van der Waals surface area contributed by atoms with Gasteiger partial charge in [0.1, 0.15) is 11.5 Å². The Morgan fingerprint density at radius 3 is 1.26 bits per heavy atom. The number of hydrogen-bond acceptors (Lipinski definition) is 4. The van der Waals surface area contributed by atoms with Gasteiger partial charge >= 0.3 is 0 Å². The Balaban J connectivity index is 1.97. The van der Waals surface area contributed by atoms with Crippen molar-refractivity contribution in [2.75, 3.05) is 54.5 Å². The quantitative estimate of drug-likeness (QED) is 0.218. The number of nitrogens with one attached hydrogen (secondary N) is 2. The highest BCUT2D eigenvalue weighted by atomic mass is 16.5. The van der Waals surface area contributed by atoms with Crippen molar-refractivity contribution >= 4 is 11.6 Å². The van der Waals surface area contributed by atoms with Gasteiger partial charge in [-0.3, -0.25) is 9.59 Å². The topological polar surface area (TPSA) is 61.5 Å². The summed E-state index contributed by atoms with van der Waals surface area (Å²) < 4.78 is 11.3. The van der Waals surface area contributed by atoms with Gasteiger partial charge in [0.15, 0.2) is 11.6 Å². The van der Waals surface area contributed by atoms with Crippen LogP contribution in [-0.2, 0) is 0 Å². The fourth-order valence-electron chi connectivity index (χ4n) is 4.76. The van der Waals surface area contributed by atoms with Crippen LogP contribution in [0, 0.1) is 11.8 Å². The molecule has 6 heteroatoms. The lowest BCUT2D eigenvalue weighted by atomic mass is 9.88. The molecule has 0 aliphatic rings. The van der Waals surface area contributed by atoms with Crippen molar-refractivity contribution in [1.82, 2.24) is 0 Å². The Hall–Kier alpha value is -2.70. The van der Waals surface area contributed by atoms with E-state index in [0.29, 0.717) is 13.2 Å². The van der Waals surface area contributed by atoms with Crippen LogP contribution in [0.15, 0.2) is 48.5 Å². The molecular formula is C32H50N2O4+2. The Labute approximate surface area is 230 Å². The maximum Gasteiger partial charge on any atom is 0.171 e. The van der Waals surface area contributed by atoms with Gasteiger partial charge in [-0.25, -0.2) is 0 Å². The summed E-state index contributed by atoms with van der Waals surface area (Å²) in [4.78, 5) is 29.2. The van der Waals surface area contributed by atoms with Crippen LogP contribution < -0.4 is 19.3 Å². The van der Waals surface area contributed by atoms with E-state index in [0.717, 1.165) is 74.2 Å². The molecular weight excluding hydrogens is 476 g/mol. The van der Waals surface area contributed by atoms with Crippen molar-refractivity contribution in [3.63, 3.8) is 0 Å². The molecule has 0 saturated carbocycles. The zero-order chi connectivity index (χ0) is 27.9. The van der Waals surface area contributed by atoms with E-state index in [2.05, 4.69) is 42.0 Å². The monoisotopic (exact) mass is 526 g/mol. The Kier molecular flexibility index (Phi) is 14.1. The van der Waals surface area contributed by atoms with Gasteiger partial charge in [-0.15, -0.1) is 0 Å². The van der Waals surface area contributed by atoms with Gasteiger partial charge in [-0.2, -0.15) is 0 Å². The summed E-state index contributed by atoms with van der Waals surface area (Å²) in [5.74, 6) is 1.94. The normalized spacial score (nSPS) is 12.9. The molecule has 2 aromatic rings. The smallest absolute Gasteiger partial charge is 0.171 e. The van der Waals surface area contributed by atoms with Gasteiger partial charge in [0.2, 0.25) is 0 Å². The lowest BCUT2D eigenvalue weighted by Gasteiger charge is -2.20. The number of rotatable bonds is 19. The molecule has 0 radical (unpaired) electrons. The van der Waals surface area contributed by atoms with E-state index in [-0.39, 0.29) is 23.4 Å². The third-order valence-corrected chi connectivity index (χ3v) is 6.63. The number of carbonyl (C=O) groups is 2. The van der Waals surface area contributed by atoms with E-state index < -0.39 is 0 Å². The minimum atomic E-state index is -0.0355. The molecule has 210 valence electrons. The molecule has 0 spiro atoms. The SMILES string of the molecule is CCCOc1ccc(C(=O)[C@H](CCCC[C@H](C[NH+](C)C)C(=O)c2ccc(OCCC)cc2)C[NH+](C)C)cc1. The summed E-state index contributed by atoms with van der Waals surface area (Å²) in [6.45, 7) is 7.10. The van der Waals surface area contributed by atoms with E-state index in [1.54, 1.807) is 0 Å². The number of ketones is 2. The number of hydrogen-bond donors (Lipinski definition) is 2. The van der Waals surface area contributed by atoms with Crippen LogP contribution in [0.5, 0.6) is 11.5 Å². The molecule has 2 N–H and O–H groups in total. The Morgan fingerprint density at radius 1 is 0.632 bits per heavy atom. The molecule has 0 heterocycles. The van der Waals surface area contributed by atoms with Crippen LogP contribution >= 0.6 is 0 Å². The van der Waals surface area contributed by atoms with E-state index in [1.165, 1.54) is 9.80 Å². The first-order chi connectivity index (χ1) is 18.2. The van der Waals surface area contributed by atoms with E-state index in [4.69, 9.17) is 9.47 Å². The van der Waals surface area contributed by atoms with E-state index in [9.17, 15) is 9.59 Å². The van der Waals surface area contributed by atoms with Crippen molar-refractivity contribution in [3.05, 3.63) is 59.7 Å². The first-order valence-corrected chi connectivity index (χ1v) is 14.4. The lowest BCUT2D eigenvalue weighted by Crippen LogP contribution is -3.06. The van der Waals surface area contributed by atoms with Crippen molar-refractivity contribution < 1.29 is 28.9 Å². The maximum atomic E-state index is 13.3. The highest BCUT2D eigenvalue weighted by molar-refractivity contribution is 5.98. The van der Waals surface area contributed by atoms with Crippen LogP contribution in [0.4, 0.5) is 0 Å². The second-order valence-corrected chi connectivity index (χ2v) is 11.0. The number of carbonyl (C=O) groups excluding carboxylic acids is 2.